The molecular weight excluding hydrogens is 174 g/mol. The summed E-state index contributed by atoms with van der Waals surface area (Å²) in [5.41, 5.74) is -0.990. The zero-order valence-corrected chi connectivity index (χ0v) is 7.86. The first kappa shape index (κ1) is 10.1. The molecule has 0 heterocycles. The van der Waals surface area contributed by atoms with Gasteiger partial charge in [0.25, 0.3) is 0 Å². The van der Waals surface area contributed by atoms with Crippen molar-refractivity contribution >= 4 is 0 Å². The summed E-state index contributed by atoms with van der Waals surface area (Å²) in [5, 5.41) is 9.50. The van der Waals surface area contributed by atoms with Crippen LogP contribution in [0.25, 0.3) is 0 Å². The summed E-state index contributed by atoms with van der Waals surface area (Å²) in [6.07, 6.45) is 0. The minimum Gasteiger partial charge on any atom is -0.386 e. The van der Waals surface area contributed by atoms with E-state index >= 15 is 0 Å². The molecule has 0 radical (unpaired) electrons. The first-order valence-corrected chi connectivity index (χ1v) is 4.01. The van der Waals surface area contributed by atoms with Crippen molar-refractivity contribution < 1.29 is 13.9 Å². The Balaban J connectivity index is 3.29. The van der Waals surface area contributed by atoms with Crippen LogP contribution in [0.5, 0.6) is 0 Å². The Hall–Kier alpha value is -0.960. The van der Waals surface area contributed by atoms with Crippen LogP contribution in [0.4, 0.5) is 8.78 Å². The van der Waals surface area contributed by atoms with Crippen molar-refractivity contribution in [2.45, 2.75) is 26.4 Å². The highest BCUT2D eigenvalue weighted by atomic mass is 19.1. The number of aliphatic hydroxyl groups is 1. The molecule has 0 aromatic heterocycles. The Morgan fingerprint density at radius 1 is 1.15 bits per heavy atom. The summed E-state index contributed by atoms with van der Waals surface area (Å²) in [6.45, 7) is 4.33. The fraction of sp³-hybridized carbons (Fsp3) is 0.400. The quantitative estimate of drug-likeness (QED) is 0.714. The molecule has 1 aromatic carbocycles. The maximum atomic E-state index is 13.0. The number of rotatable bonds is 1. The third kappa shape index (κ3) is 2.04. The van der Waals surface area contributed by atoms with Gasteiger partial charge >= 0.3 is 0 Å². The third-order valence-corrected chi connectivity index (χ3v) is 1.99. The topological polar surface area (TPSA) is 20.2 Å². The normalized spacial score (nSPS) is 11.8. The van der Waals surface area contributed by atoms with Crippen molar-refractivity contribution in [3.63, 3.8) is 0 Å². The molecular formula is C10H12F2O. The number of hydrogen-bond donors (Lipinski definition) is 1. The van der Waals surface area contributed by atoms with Gasteiger partial charge in [-0.1, -0.05) is 0 Å². The van der Waals surface area contributed by atoms with Crippen LogP contribution in [-0.2, 0) is 5.60 Å². The Kier molecular flexibility index (Phi) is 2.39. The van der Waals surface area contributed by atoms with Gasteiger partial charge in [-0.05, 0) is 38.5 Å². The molecule has 1 rings (SSSR count). The molecule has 1 N–H and O–H groups in total. The lowest BCUT2D eigenvalue weighted by atomic mass is 9.97. The second kappa shape index (κ2) is 3.07. The lowest BCUT2D eigenvalue weighted by molar-refractivity contribution is 0.0778. The molecule has 0 aliphatic carbocycles. The van der Waals surface area contributed by atoms with Crippen molar-refractivity contribution in [3.05, 3.63) is 34.9 Å². The molecule has 0 saturated heterocycles. The van der Waals surface area contributed by atoms with E-state index in [2.05, 4.69) is 0 Å². The van der Waals surface area contributed by atoms with Crippen molar-refractivity contribution in [1.82, 2.24) is 0 Å². The van der Waals surface area contributed by atoms with Gasteiger partial charge in [0.15, 0.2) is 0 Å². The minimum atomic E-state index is -1.21. The Bertz CT molecular complexity index is 303. The van der Waals surface area contributed by atoms with Gasteiger partial charge in [-0.3, -0.25) is 0 Å². The van der Waals surface area contributed by atoms with E-state index in [0.29, 0.717) is 0 Å². The van der Waals surface area contributed by atoms with E-state index in [0.717, 1.165) is 12.1 Å². The molecule has 0 unspecified atom stereocenters. The molecule has 0 atom stereocenters. The van der Waals surface area contributed by atoms with Gasteiger partial charge in [0.2, 0.25) is 0 Å². The predicted molar refractivity (Wildman–Crippen MR) is 46.3 cm³/mol. The molecule has 0 aliphatic heterocycles. The molecule has 0 bridgehead atoms. The highest BCUT2D eigenvalue weighted by Crippen LogP contribution is 2.23. The molecule has 13 heavy (non-hydrogen) atoms. The number of hydrogen-bond acceptors (Lipinski definition) is 1. The van der Waals surface area contributed by atoms with Crippen molar-refractivity contribution in [3.8, 4) is 0 Å². The Morgan fingerprint density at radius 3 is 1.85 bits per heavy atom. The molecule has 1 nitrogen and oxygen atoms in total. The van der Waals surface area contributed by atoms with Crippen LogP contribution >= 0.6 is 0 Å². The van der Waals surface area contributed by atoms with Crippen molar-refractivity contribution in [1.29, 1.82) is 0 Å². The maximum absolute atomic E-state index is 13.0. The first-order chi connectivity index (χ1) is 5.82. The SMILES string of the molecule is Cc1c(F)cc(C(C)(C)O)cc1F. The molecule has 0 amide bonds. The third-order valence-electron chi connectivity index (χ3n) is 1.99. The standard InChI is InChI=1S/C10H12F2O/c1-6-8(11)4-7(5-9(6)12)10(2,3)13/h4-5,13H,1-3H3. The summed E-state index contributed by atoms with van der Waals surface area (Å²) in [4.78, 5) is 0. The van der Waals surface area contributed by atoms with E-state index in [1.54, 1.807) is 0 Å². The van der Waals surface area contributed by atoms with Gasteiger partial charge in [0, 0.05) is 5.56 Å². The monoisotopic (exact) mass is 186 g/mol. The van der Waals surface area contributed by atoms with Crippen LogP contribution in [0.2, 0.25) is 0 Å². The zero-order valence-electron chi connectivity index (χ0n) is 7.86. The van der Waals surface area contributed by atoms with Gasteiger partial charge in [0.1, 0.15) is 11.6 Å². The van der Waals surface area contributed by atoms with E-state index in [1.807, 2.05) is 0 Å². The maximum Gasteiger partial charge on any atom is 0.129 e. The van der Waals surface area contributed by atoms with E-state index in [-0.39, 0.29) is 11.1 Å². The van der Waals surface area contributed by atoms with Crippen LogP contribution in [-0.4, -0.2) is 5.11 Å². The highest BCUT2D eigenvalue weighted by molar-refractivity contribution is 5.28. The summed E-state index contributed by atoms with van der Waals surface area (Å²) >= 11 is 0. The predicted octanol–water partition coefficient (Wildman–Crippen LogP) is 2.50. The van der Waals surface area contributed by atoms with Crippen LogP contribution in [0, 0.1) is 18.6 Å². The van der Waals surface area contributed by atoms with Gasteiger partial charge in [-0.25, -0.2) is 8.78 Å². The lowest BCUT2D eigenvalue weighted by Gasteiger charge is -2.18. The van der Waals surface area contributed by atoms with Gasteiger partial charge < -0.3 is 5.11 Å². The van der Waals surface area contributed by atoms with Crippen LogP contribution < -0.4 is 0 Å². The zero-order chi connectivity index (χ0) is 10.2. The summed E-state index contributed by atoms with van der Waals surface area (Å²) in [6, 6.07) is 2.30. The Morgan fingerprint density at radius 2 is 1.54 bits per heavy atom. The average molecular weight is 186 g/mol. The number of benzene rings is 1. The van der Waals surface area contributed by atoms with E-state index in [4.69, 9.17) is 0 Å². The average Bonchev–Trinajstić information content (AvgIpc) is 1.97. The summed E-state index contributed by atoms with van der Waals surface area (Å²) in [7, 11) is 0. The summed E-state index contributed by atoms with van der Waals surface area (Å²) in [5.74, 6) is -1.26. The lowest BCUT2D eigenvalue weighted by Crippen LogP contribution is -2.16. The number of halogens is 2. The van der Waals surface area contributed by atoms with Crippen molar-refractivity contribution in [2.75, 3.05) is 0 Å². The van der Waals surface area contributed by atoms with Gasteiger partial charge in [0.05, 0.1) is 5.60 Å². The van der Waals surface area contributed by atoms with Gasteiger partial charge in [-0.2, -0.15) is 0 Å². The second-order valence-electron chi connectivity index (χ2n) is 3.62. The smallest absolute Gasteiger partial charge is 0.129 e. The second-order valence-corrected chi connectivity index (χ2v) is 3.62. The van der Waals surface area contributed by atoms with Crippen LogP contribution in [0.15, 0.2) is 12.1 Å². The van der Waals surface area contributed by atoms with E-state index < -0.39 is 17.2 Å². The first-order valence-electron chi connectivity index (χ1n) is 4.01. The van der Waals surface area contributed by atoms with Gasteiger partial charge in [-0.15, -0.1) is 0 Å². The molecule has 72 valence electrons. The highest BCUT2D eigenvalue weighted by Gasteiger charge is 2.19. The van der Waals surface area contributed by atoms with Crippen LogP contribution in [0.1, 0.15) is 25.0 Å². The molecule has 0 fully saturated rings. The Labute approximate surface area is 76.0 Å². The fourth-order valence-electron chi connectivity index (χ4n) is 0.999. The molecule has 1 aromatic rings. The molecule has 0 aliphatic rings. The minimum absolute atomic E-state index is 0.0204. The molecule has 3 heteroatoms. The molecule has 0 saturated carbocycles. The van der Waals surface area contributed by atoms with Crippen molar-refractivity contribution in [2.24, 2.45) is 0 Å². The van der Waals surface area contributed by atoms with E-state index in [1.165, 1.54) is 20.8 Å². The van der Waals surface area contributed by atoms with Crippen LogP contribution in [0.3, 0.4) is 0 Å². The fourth-order valence-corrected chi connectivity index (χ4v) is 0.999. The van der Waals surface area contributed by atoms with E-state index in [9.17, 15) is 13.9 Å². The summed E-state index contributed by atoms with van der Waals surface area (Å²) < 4.78 is 26.0. The molecule has 0 spiro atoms. The largest absolute Gasteiger partial charge is 0.386 e.